The first kappa shape index (κ1) is 33.7. The summed E-state index contributed by atoms with van der Waals surface area (Å²) in [4.78, 5) is 25.3. The maximum atomic E-state index is 14.4. The molecular formula is C31H35N9O6. The van der Waals surface area contributed by atoms with Gasteiger partial charge in [0.2, 0.25) is 5.90 Å². The number of nitrogens with one attached hydrogen (secondary N) is 2. The van der Waals surface area contributed by atoms with Crippen molar-refractivity contribution in [3.8, 4) is 5.75 Å². The molecule has 0 radical (unpaired) electrons. The largest absolute Gasteiger partial charge is 0.494 e. The molecule has 0 aromatic heterocycles. The van der Waals surface area contributed by atoms with E-state index < -0.39 is 23.8 Å². The number of nitrogens with zero attached hydrogens (tertiary/aromatic N) is 7. The number of carbonyl (C=O) groups is 1. The van der Waals surface area contributed by atoms with Crippen LogP contribution >= 0.6 is 0 Å². The summed E-state index contributed by atoms with van der Waals surface area (Å²) in [7, 11) is 2.96. The fourth-order valence-electron chi connectivity index (χ4n) is 4.98. The van der Waals surface area contributed by atoms with Crippen molar-refractivity contribution in [2.45, 2.75) is 37.3 Å². The molecule has 3 aromatic carbocycles. The van der Waals surface area contributed by atoms with Crippen molar-refractivity contribution >= 4 is 17.5 Å². The summed E-state index contributed by atoms with van der Waals surface area (Å²) in [6.45, 7) is 0.504. The van der Waals surface area contributed by atoms with E-state index in [9.17, 15) is 10.3 Å². The number of rotatable bonds is 17. The second-order valence-corrected chi connectivity index (χ2v) is 10.1. The quantitative estimate of drug-likeness (QED) is 0.0467. The number of aliphatic hydroxyl groups is 1. The molecule has 0 aliphatic carbocycles. The summed E-state index contributed by atoms with van der Waals surface area (Å²) in [5.41, 5.74) is 25.0. The fourth-order valence-corrected chi connectivity index (χ4v) is 4.98. The molecular weight excluding hydrogens is 594 g/mol. The third-order valence-corrected chi connectivity index (χ3v) is 7.27. The Hall–Kier alpha value is -5.14. The van der Waals surface area contributed by atoms with E-state index in [0.29, 0.717) is 46.7 Å². The Bertz CT molecular complexity index is 1600. The molecule has 0 saturated carbocycles. The molecule has 1 amide bonds. The van der Waals surface area contributed by atoms with Gasteiger partial charge in [-0.25, -0.2) is 10.4 Å². The molecule has 2 atom stereocenters. The summed E-state index contributed by atoms with van der Waals surface area (Å²) in [5.74, 6) is 0.236. The molecule has 15 heteroatoms. The number of ether oxygens (including phenoxy) is 4. The molecule has 240 valence electrons. The number of hydrogen-bond donors (Lipinski definition) is 3. The average Bonchev–Trinajstić information content (AvgIpc) is 3.47. The van der Waals surface area contributed by atoms with Gasteiger partial charge in [0.25, 0.3) is 5.91 Å². The van der Waals surface area contributed by atoms with Gasteiger partial charge >= 0.3 is 0 Å². The average molecular weight is 630 g/mol. The summed E-state index contributed by atoms with van der Waals surface area (Å²) in [6.07, 6.45) is -1.18. The topological polar surface area (TPSA) is 208 Å². The molecule has 4 rings (SSSR count). The minimum atomic E-state index is -1.65. The van der Waals surface area contributed by atoms with Gasteiger partial charge in [-0.3, -0.25) is 10.2 Å². The number of aliphatic hydroxyl groups excluding tert-OH is 1. The van der Waals surface area contributed by atoms with Crippen molar-refractivity contribution in [2.75, 3.05) is 34.0 Å². The smallest absolute Gasteiger partial charge is 0.266 e. The molecule has 46 heavy (non-hydrogen) atoms. The second-order valence-electron chi connectivity index (χ2n) is 10.1. The van der Waals surface area contributed by atoms with E-state index in [-0.39, 0.29) is 32.0 Å². The zero-order valence-electron chi connectivity index (χ0n) is 25.4. The Morgan fingerprint density at radius 3 is 2.46 bits per heavy atom. The highest BCUT2D eigenvalue weighted by Crippen LogP contribution is 2.44. The lowest BCUT2D eigenvalue weighted by Gasteiger charge is -2.32. The minimum Gasteiger partial charge on any atom is -0.494 e. The van der Waals surface area contributed by atoms with Gasteiger partial charge in [0.05, 0.1) is 19.7 Å². The van der Waals surface area contributed by atoms with Gasteiger partial charge in [-0.05, 0) is 52.0 Å². The lowest BCUT2D eigenvalue weighted by Crippen LogP contribution is -2.55. The molecule has 15 nitrogen and oxygen atoms in total. The lowest BCUT2D eigenvalue weighted by molar-refractivity contribution is -0.131. The summed E-state index contributed by atoms with van der Waals surface area (Å²) in [6, 6.07) is 21.1. The standard InChI is InChI=1S/C31H35N9O6/c1-43-27(44-2)20-34-38-30(42)31(18-22-8-4-6-11-26(22)37-40-33)28(25-10-5-3-9-23(25)19-35-39-32)46-29(36-31)21-12-14-24(15-13-21)45-17-7-16-41/h3-6,8-15,27-28,34,41H,7,16-20H2,1-2H3,(H,38,42)/t28-,31-/m0/s1. The Morgan fingerprint density at radius 2 is 1.76 bits per heavy atom. The van der Waals surface area contributed by atoms with E-state index in [4.69, 9.17) is 34.6 Å². The fraction of sp³-hybridized carbons (Fsp3) is 0.355. The van der Waals surface area contributed by atoms with Crippen molar-refractivity contribution in [1.82, 2.24) is 10.9 Å². The van der Waals surface area contributed by atoms with Gasteiger partial charge < -0.3 is 24.1 Å². The Balaban J connectivity index is 1.85. The van der Waals surface area contributed by atoms with E-state index in [0.717, 1.165) is 0 Å². The van der Waals surface area contributed by atoms with E-state index in [1.807, 2.05) is 0 Å². The van der Waals surface area contributed by atoms with E-state index >= 15 is 0 Å². The normalized spacial score (nSPS) is 17.0. The molecule has 0 unspecified atom stereocenters. The molecule has 1 aliphatic heterocycles. The first-order valence-electron chi connectivity index (χ1n) is 14.4. The van der Waals surface area contributed by atoms with E-state index in [2.05, 4.69) is 30.9 Å². The minimum absolute atomic E-state index is 0.0103. The maximum Gasteiger partial charge on any atom is 0.266 e. The van der Waals surface area contributed by atoms with Crippen LogP contribution in [0.1, 0.15) is 34.8 Å². The van der Waals surface area contributed by atoms with Crippen LogP contribution in [0.25, 0.3) is 20.9 Å². The highest BCUT2D eigenvalue weighted by atomic mass is 16.7. The highest BCUT2D eigenvalue weighted by molar-refractivity contribution is 6.01. The molecule has 1 heterocycles. The Kier molecular flexibility index (Phi) is 12.3. The van der Waals surface area contributed by atoms with Crippen molar-refractivity contribution in [3.63, 3.8) is 0 Å². The first-order valence-corrected chi connectivity index (χ1v) is 14.4. The van der Waals surface area contributed by atoms with Crippen LogP contribution in [0.2, 0.25) is 0 Å². The molecule has 0 saturated heterocycles. The van der Waals surface area contributed by atoms with Crippen molar-refractivity contribution in [3.05, 3.63) is 116 Å². The van der Waals surface area contributed by atoms with Crippen LogP contribution in [0.15, 0.2) is 88.0 Å². The van der Waals surface area contributed by atoms with Crippen LogP contribution in [0.4, 0.5) is 5.69 Å². The number of carbonyl (C=O) groups excluding carboxylic acids is 1. The third-order valence-electron chi connectivity index (χ3n) is 7.27. The van der Waals surface area contributed by atoms with Gasteiger partial charge in [-0.15, -0.1) is 0 Å². The number of azide groups is 2. The third kappa shape index (κ3) is 8.11. The van der Waals surface area contributed by atoms with Crippen LogP contribution in [-0.4, -0.2) is 62.7 Å². The zero-order valence-corrected chi connectivity index (χ0v) is 25.4. The van der Waals surface area contributed by atoms with Gasteiger partial charge in [-0.1, -0.05) is 58.8 Å². The van der Waals surface area contributed by atoms with Crippen molar-refractivity contribution in [1.29, 1.82) is 0 Å². The first-order chi connectivity index (χ1) is 22.5. The lowest BCUT2D eigenvalue weighted by atomic mass is 9.80. The number of benzene rings is 3. The van der Waals surface area contributed by atoms with Crippen molar-refractivity contribution < 1.29 is 28.8 Å². The van der Waals surface area contributed by atoms with E-state index in [1.165, 1.54) is 14.2 Å². The number of amides is 1. The van der Waals surface area contributed by atoms with E-state index in [1.54, 1.807) is 72.8 Å². The summed E-state index contributed by atoms with van der Waals surface area (Å²) >= 11 is 0. The van der Waals surface area contributed by atoms with Gasteiger partial charge in [0.1, 0.15) is 5.75 Å². The number of hydrogen-bond acceptors (Lipinski definition) is 10. The van der Waals surface area contributed by atoms with Crippen LogP contribution in [0.3, 0.4) is 0 Å². The van der Waals surface area contributed by atoms with Gasteiger partial charge in [0, 0.05) is 54.7 Å². The monoisotopic (exact) mass is 629 g/mol. The molecule has 0 fully saturated rings. The second kappa shape index (κ2) is 16.8. The number of aliphatic imine (C=N–C) groups is 1. The molecule has 3 N–H and O–H groups in total. The predicted octanol–water partition coefficient (Wildman–Crippen LogP) is 4.94. The Labute approximate surface area is 265 Å². The number of methoxy groups -OCH3 is 2. The van der Waals surface area contributed by atoms with Gasteiger partial charge in [-0.2, -0.15) is 0 Å². The Morgan fingerprint density at radius 1 is 1.04 bits per heavy atom. The van der Waals surface area contributed by atoms with Gasteiger partial charge in [0.15, 0.2) is 17.9 Å². The SMILES string of the molecule is COC(CNNC(=O)[C@@]1(Cc2ccccc2N=[N+]=[N-])N=C(c2ccc(OCCCO)cc2)O[C@H]1c1ccccc1CN=[N+]=[N-])OC. The van der Waals surface area contributed by atoms with Crippen LogP contribution in [0, 0.1) is 0 Å². The maximum absolute atomic E-state index is 14.4. The molecule has 3 aromatic rings. The molecule has 0 spiro atoms. The summed E-state index contributed by atoms with van der Waals surface area (Å²) in [5, 5.41) is 16.7. The van der Waals surface area contributed by atoms with Crippen LogP contribution < -0.4 is 15.6 Å². The number of hydrazine groups is 1. The molecule has 0 bridgehead atoms. The van der Waals surface area contributed by atoms with Crippen LogP contribution in [0.5, 0.6) is 5.75 Å². The zero-order chi connectivity index (χ0) is 32.8. The van der Waals surface area contributed by atoms with Crippen LogP contribution in [-0.2, 0) is 32.0 Å². The predicted molar refractivity (Wildman–Crippen MR) is 169 cm³/mol. The summed E-state index contributed by atoms with van der Waals surface area (Å²) < 4.78 is 22.7. The van der Waals surface area contributed by atoms with Crippen molar-refractivity contribution in [2.24, 2.45) is 15.2 Å². The highest BCUT2D eigenvalue weighted by Gasteiger charge is 2.54. The molecule has 1 aliphatic rings.